The number of nitrogens with zero attached hydrogens (tertiary/aromatic N) is 2. The number of fused-ring (bicyclic) bond motifs is 2. The average Bonchev–Trinajstić information content (AvgIpc) is 3.19. The van der Waals surface area contributed by atoms with Crippen molar-refractivity contribution in [3.8, 4) is 5.75 Å². The van der Waals surface area contributed by atoms with Crippen molar-refractivity contribution >= 4 is 17.6 Å². The molecule has 0 saturated carbocycles. The topological polar surface area (TPSA) is 83.6 Å². The van der Waals surface area contributed by atoms with Crippen LogP contribution in [0.4, 0.5) is 5.82 Å². The summed E-state index contributed by atoms with van der Waals surface area (Å²) >= 11 is 0. The number of benzene rings is 2. The summed E-state index contributed by atoms with van der Waals surface area (Å²) in [6.45, 7) is 2.50. The molecule has 192 valence electrons. The number of pyridine rings is 1. The largest absolute Gasteiger partial charge is 0.496 e. The molecule has 3 aromatic rings. The molecular formula is C30H34N4O3. The molecule has 2 N–H and O–H groups in total. The Hall–Kier alpha value is -3.87. The van der Waals surface area contributed by atoms with E-state index < -0.39 is 0 Å². The number of hydrogen-bond acceptors (Lipinski definition) is 5. The molecule has 1 aromatic heterocycles. The van der Waals surface area contributed by atoms with Crippen LogP contribution in [0.3, 0.4) is 0 Å². The predicted octanol–water partition coefficient (Wildman–Crippen LogP) is 4.30. The zero-order chi connectivity index (χ0) is 25.8. The fourth-order valence-corrected chi connectivity index (χ4v) is 5.75. The van der Waals surface area contributed by atoms with E-state index in [-0.39, 0.29) is 17.9 Å². The summed E-state index contributed by atoms with van der Waals surface area (Å²) in [5, 5.41) is 6.25. The van der Waals surface area contributed by atoms with Gasteiger partial charge in [-0.25, -0.2) is 4.98 Å². The molecule has 37 heavy (non-hydrogen) atoms. The van der Waals surface area contributed by atoms with Crippen molar-refractivity contribution in [2.24, 2.45) is 0 Å². The SMILES string of the molecule is COc1cccc(C(=O)NC2CC3CC[C@@H](C2)N3c2ccc(C(=O)NCCc3ccccc3)cn2)c1C. The molecular weight excluding hydrogens is 464 g/mol. The number of ether oxygens (including phenoxy) is 1. The summed E-state index contributed by atoms with van der Waals surface area (Å²) < 4.78 is 5.37. The Labute approximate surface area is 218 Å². The molecule has 2 fully saturated rings. The third kappa shape index (κ3) is 5.45. The highest BCUT2D eigenvalue weighted by Gasteiger charge is 2.42. The molecule has 3 heterocycles. The van der Waals surface area contributed by atoms with Gasteiger partial charge in [0.05, 0.1) is 12.7 Å². The van der Waals surface area contributed by atoms with Crippen LogP contribution >= 0.6 is 0 Å². The molecule has 0 spiro atoms. The highest BCUT2D eigenvalue weighted by molar-refractivity contribution is 5.96. The van der Waals surface area contributed by atoms with Crippen molar-refractivity contribution in [2.75, 3.05) is 18.6 Å². The second kappa shape index (κ2) is 11.0. The van der Waals surface area contributed by atoms with Gasteiger partial charge in [-0.2, -0.15) is 0 Å². The van der Waals surface area contributed by atoms with Gasteiger partial charge in [-0.3, -0.25) is 9.59 Å². The highest BCUT2D eigenvalue weighted by Crippen LogP contribution is 2.38. The Bertz CT molecular complexity index is 1230. The van der Waals surface area contributed by atoms with Gasteiger partial charge in [-0.05, 0) is 68.9 Å². The minimum atomic E-state index is -0.104. The van der Waals surface area contributed by atoms with Gasteiger partial charge in [-0.15, -0.1) is 0 Å². The van der Waals surface area contributed by atoms with Gasteiger partial charge in [0.1, 0.15) is 11.6 Å². The minimum Gasteiger partial charge on any atom is -0.496 e. The highest BCUT2D eigenvalue weighted by atomic mass is 16.5. The molecule has 7 heteroatoms. The van der Waals surface area contributed by atoms with Gasteiger partial charge in [0.2, 0.25) is 0 Å². The molecule has 2 unspecified atom stereocenters. The van der Waals surface area contributed by atoms with Crippen LogP contribution in [0.1, 0.15) is 57.5 Å². The molecule has 3 atom stereocenters. The van der Waals surface area contributed by atoms with E-state index in [9.17, 15) is 9.59 Å². The van der Waals surface area contributed by atoms with Crippen molar-refractivity contribution in [3.05, 3.63) is 89.1 Å². The van der Waals surface area contributed by atoms with Crippen LogP contribution in [0, 0.1) is 6.92 Å². The lowest BCUT2D eigenvalue weighted by molar-refractivity contribution is 0.0924. The van der Waals surface area contributed by atoms with Crippen molar-refractivity contribution in [1.29, 1.82) is 0 Å². The number of amides is 2. The minimum absolute atomic E-state index is 0.0463. The summed E-state index contributed by atoms with van der Waals surface area (Å²) in [4.78, 5) is 32.6. The fourth-order valence-electron chi connectivity index (χ4n) is 5.75. The van der Waals surface area contributed by atoms with Crippen molar-refractivity contribution < 1.29 is 14.3 Å². The van der Waals surface area contributed by atoms with Crippen LogP contribution in [-0.2, 0) is 6.42 Å². The van der Waals surface area contributed by atoms with Crippen molar-refractivity contribution in [2.45, 2.75) is 57.2 Å². The van der Waals surface area contributed by atoms with E-state index in [1.165, 1.54) is 5.56 Å². The Morgan fingerprint density at radius 1 is 0.973 bits per heavy atom. The lowest BCUT2D eigenvalue weighted by Gasteiger charge is -2.40. The Morgan fingerprint density at radius 3 is 2.41 bits per heavy atom. The maximum atomic E-state index is 13.0. The zero-order valence-electron chi connectivity index (χ0n) is 21.4. The van der Waals surface area contributed by atoms with Crippen LogP contribution in [0.5, 0.6) is 5.75 Å². The van der Waals surface area contributed by atoms with Crippen molar-refractivity contribution in [1.82, 2.24) is 15.6 Å². The van der Waals surface area contributed by atoms with Gasteiger partial charge in [0, 0.05) is 42.0 Å². The Balaban J connectivity index is 1.17. The molecule has 2 saturated heterocycles. The monoisotopic (exact) mass is 498 g/mol. The lowest BCUT2D eigenvalue weighted by atomic mass is 9.96. The maximum absolute atomic E-state index is 13.0. The molecule has 2 aliphatic rings. The van der Waals surface area contributed by atoms with Crippen LogP contribution < -0.4 is 20.3 Å². The van der Waals surface area contributed by atoms with Crippen LogP contribution in [-0.4, -0.2) is 48.6 Å². The summed E-state index contributed by atoms with van der Waals surface area (Å²) in [5.74, 6) is 1.48. The van der Waals surface area contributed by atoms with E-state index in [0.717, 1.165) is 49.2 Å². The molecule has 0 aliphatic carbocycles. The summed E-state index contributed by atoms with van der Waals surface area (Å²) in [5.41, 5.74) is 3.29. The van der Waals surface area contributed by atoms with Crippen LogP contribution in [0.2, 0.25) is 0 Å². The molecule has 5 rings (SSSR count). The molecule has 7 nitrogen and oxygen atoms in total. The van der Waals surface area contributed by atoms with Crippen LogP contribution in [0.25, 0.3) is 0 Å². The normalized spacial score (nSPS) is 20.4. The average molecular weight is 499 g/mol. The second-order valence-electron chi connectivity index (χ2n) is 9.96. The first-order chi connectivity index (χ1) is 18.0. The number of aromatic nitrogens is 1. The van der Waals surface area contributed by atoms with E-state index in [1.54, 1.807) is 13.3 Å². The zero-order valence-corrected chi connectivity index (χ0v) is 21.4. The molecule has 0 radical (unpaired) electrons. The standard InChI is InChI=1S/C30H34N4O3/c1-20-26(9-6-10-27(20)37-2)30(36)33-23-17-24-12-13-25(18-23)34(24)28-14-11-22(19-32-28)29(35)31-16-15-21-7-4-3-5-8-21/h3-11,14,19,23-25H,12-13,15-18H2,1-2H3,(H,31,35)(H,33,36)/t23?,24-,25?/m0/s1. The Morgan fingerprint density at radius 2 is 1.73 bits per heavy atom. The smallest absolute Gasteiger partial charge is 0.252 e. The van der Waals surface area contributed by atoms with Gasteiger partial charge in [0.15, 0.2) is 0 Å². The number of methoxy groups -OCH3 is 1. The molecule has 2 bridgehead atoms. The number of nitrogens with one attached hydrogen (secondary N) is 2. The van der Waals surface area contributed by atoms with E-state index in [0.29, 0.717) is 29.8 Å². The first kappa shape index (κ1) is 24.8. The number of carbonyl (C=O) groups is 2. The first-order valence-electron chi connectivity index (χ1n) is 13.0. The van der Waals surface area contributed by atoms with Crippen LogP contribution in [0.15, 0.2) is 66.9 Å². The van der Waals surface area contributed by atoms with E-state index in [1.807, 2.05) is 55.5 Å². The van der Waals surface area contributed by atoms with Gasteiger partial charge in [-0.1, -0.05) is 36.4 Å². The summed E-state index contributed by atoms with van der Waals surface area (Å²) in [6, 6.07) is 20.3. The summed E-state index contributed by atoms with van der Waals surface area (Å²) in [7, 11) is 1.62. The third-order valence-corrected chi connectivity index (χ3v) is 7.63. The number of rotatable bonds is 8. The van der Waals surface area contributed by atoms with Gasteiger partial charge in [0.25, 0.3) is 11.8 Å². The second-order valence-corrected chi connectivity index (χ2v) is 9.96. The van der Waals surface area contributed by atoms with Crippen molar-refractivity contribution in [3.63, 3.8) is 0 Å². The van der Waals surface area contributed by atoms with Gasteiger partial charge >= 0.3 is 0 Å². The molecule has 2 aromatic carbocycles. The molecule has 2 aliphatic heterocycles. The Kier molecular flexibility index (Phi) is 7.40. The number of carbonyl (C=O) groups excluding carboxylic acids is 2. The van der Waals surface area contributed by atoms with E-state index in [2.05, 4.69) is 32.7 Å². The lowest BCUT2D eigenvalue weighted by Crippen LogP contribution is -2.50. The van der Waals surface area contributed by atoms with E-state index >= 15 is 0 Å². The molecule has 2 amide bonds. The van der Waals surface area contributed by atoms with Gasteiger partial charge < -0.3 is 20.3 Å². The third-order valence-electron chi connectivity index (χ3n) is 7.63. The first-order valence-corrected chi connectivity index (χ1v) is 13.0. The number of hydrogen-bond donors (Lipinski definition) is 2. The number of anilines is 1. The quantitative estimate of drug-likeness (QED) is 0.484. The fraction of sp³-hybridized carbons (Fsp3) is 0.367. The summed E-state index contributed by atoms with van der Waals surface area (Å²) in [6.07, 6.45) is 6.40. The number of piperidine rings is 1. The predicted molar refractivity (Wildman–Crippen MR) is 144 cm³/mol. The maximum Gasteiger partial charge on any atom is 0.252 e. The van der Waals surface area contributed by atoms with E-state index in [4.69, 9.17) is 4.74 Å².